The summed E-state index contributed by atoms with van der Waals surface area (Å²) in [5, 5.41) is 3.19. The van der Waals surface area contributed by atoms with Crippen LogP contribution in [0.2, 0.25) is 0 Å². The number of nitrogens with one attached hydrogen (secondary N) is 1. The number of halogens is 3. The number of fused-ring (bicyclic) bond motifs is 1. The molecule has 0 spiro atoms. The summed E-state index contributed by atoms with van der Waals surface area (Å²) >= 11 is 1.19. The molecule has 0 atom stereocenters. The van der Waals surface area contributed by atoms with Gasteiger partial charge in [-0.3, -0.25) is 9.36 Å². The Morgan fingerprint density at radius 1 is 1.26 bits per heavy atom. The number of aromatic nitrogens is 2. The maximum atomic E-state index is 12.5. The molecule has 1 aliphatic rings. The Hall–Kier alpha value is -2.53. The summed E-state index contributed by atoms with van der Waals surface area (Å²) < 4.78 is 42.2. The van der Waals surface area contributed by atoms with Gasteiger partial charge in [-0.2, -0.15) is 4.98 Å². The zero-order valence-electron chi connectivity index (χ0n) is 17.2. The van der Waals surface area contributed by atoms with Gasteiger partial charge in [0.2, 0.25) is 5.91 Å². The van der Waals surface area contributed by atoms with E-state index in [1.54, 1.807) is 4.57 Å². The Kier molecular flexibility index (Phi) is 7.26. The van der Waals surface area contributed by atoms with Gasteiger partial charge in [0.05, 0.1) is 5.75 Å². The van der Waals surface area contributed by atoms with Crippen LogP contribution in [0.4, 0.5) is 18.9 Å². The molecule has 11 heteroatoms. The van der Waals surface area contributed by atoms with Crippen LogP contribution < -0.4 is 15.7 Å². The van der Waals surface area contributed by atoms with Gasteiger partial charge in [-0.25, -0.2) is 4.79 Å². The molecule has 1 heterocycles. The molecule has 1 amide bonds. The summed E-state index contributed by atoms with van der Waals surface area (Å²) in [5.41, 5.74) is 2.04. The summed E-state index contributed by atoms with van der Waals surface area (Å²) in [5.74, 6) is -0.684. The van der Waals surface area contributed by atoms with Crippen LogP contribution in [0.25, 0.3) is 0 Å². The first-order chi connectivity index (χ1) is 14.6. The minimum atomic E-state index is -4.77. The van der Waals surface area contributed by atoms with Crippen molar-refractivity contribution in [1.82, 2.24) is 14.5 Å². The number of likely N-dealkylation sites (N-methyl/N-ethyl adjacent to an activating group) is 1. The van der Waals surface area contributed by atoms with Gasteiger partial charge in [-0.1, -0.05) is 11.8 Å². The van der Waals surface area contributed by atoms with Crippen LogP contribution in [-0.2, 0) is 24.2 Å². The highest BCUT2D eigenvalue weighted by atomic mass is 32.2. The zero-order valence-corrected chi connectivity index (χ0v) is 18.0. The molecule has 0 fully saturated rings. The number of ether oxygens (including phenoxy) is 1. The van der Waals surface area contributed by atoms with E-state index in [-0.39, 0.29) is 23.1 Å². The normalized spacial score (nSPS) is 13.4. The van der Waals surface area contributed by atoms with Gasteiger partial charge < -0.3 is 15.0 Å². The van der Waals surface area contributed by atoms with Crippen molar-refractivity contribution < 1.29 is 22.7 Å². The van der Waals surface area contributed by atoms with E-state index in [2.05, 4.69) is 15.0 Å². The molecule has 168 valence electrons. The SMILES string of the molecule is CN(C)CCn1c2c(c(SCC(=O)Nc3ccc(OC(F)(F)F)cc3)nc1=O)CCC2. The average molecular weight is 456 g/mol. The highest BCUT2D eigenvalue weighted by Gasteiger charge is 2.31. The predicted molar refractivity (Wildman–Crippen MR) is 112 cm³/mol. The fraction of sp³-hybridized carbons (Fsp3) is 0.450. The third-order valence-corrected chi connectivity index (χ3v) is 5.70. The van der Waals surface area contributed by atoms with Gasteiger partial charge in [0, 0.05) is 30.0 Å². The largest absolute Gasteiger partial charge is 0.573 e. The molecule has 1 aliphatic carbocycles. The van der Waals surface area contributed by atoms with Gasteiger partial charge in [0.25, 0.3) is 0 Å². The molecule has 0 unspecified atom stereocenters. The van der Waals surface area contributed by atoms with Gasteiger partial charge in [0.1, 0.15) is 10.8 Å². The van der Waals surface area contributed by atoms with Gasteiger partial charge in [0.15, 0.2) is 0 Å². The highest BCUT2D eigenvalue weighted by molar-refractivity contribution is 8.00. The summed E-state index contributed by atoms with van der Waals surface area (Å²) in [6, 6.07) is 4.90. The van der Waals surface area contributed by atoms with Crippen molar-refractivity contribution >= 4 is 23.4 Å². The second kappa shape index (κ2) is 9.73. The lowest BCUT2D eigenvalue weighted by Crippen LogP contribution is -2.31. The van der Waals surface area contributed by atoms with Crippen molar-refractivity contribution in [2.24, 2.45) is 0 Å². The number of benzene rings is 1. The van der Waals surface area contributed by atoms with Crippen LogP contribution in [0.1, 0.15) is 17.7 Å². The first-order valence-corrected chi connectivity index (χ1v) is 10.7. The van der Waals surface area contributed by atoms with E-state index < -0.39 is 6.36 Å². The minimum absolute atomic E-state index is 0.0292. The van der Waals surface area contributed by atoms with Crippen LogP contribution in [0.3, 0.4) is 0 Å². The molecule has 7 nitrogen and oxygen atoms in total. The number of alkyl halides is 3. The molecular formula is C20H23F3N4O3S. The molecule has 0 bridgehead atoms. The summed E-state index contributed by atoms with van der Waals surface area (Å²) in [4.78, 5) is 31.0. The van der Waals surface area contributed by atoms with E-state index in [4.69, 9.17) is 0 Å². The van der Waals surface area contributed by atoms with E-state index in [1.165, 1.54) is 23.9 Å². The quantitative estimate of drug-likeness (QED) is 0.486. The number of nitrogens with zero attached hydrogens (tertiary/aromatic N) is 3. The van der Waals surface area contributed by atoms with E-state index in [9.17, 15) is 22.8 Å². The molecule has 1 aromatic heterocycles. The zero-order chi connectivity index (χ0) is 22.6. The molecule has 2 aromatic rings. The lowest BCUT2D eigenvalue weighted by molar-refractivity contribution is -0.274. The summed E-state index contributed by atoms with van der Waals surface area (Å²) in [6.07, 6.45) is -2.20. The fourth-order valence-corrected chi connectivity index (χ4v) is 4.18. The van der Waals surface area contributed by atoms with Crippen molar-refractivity contribution in [3.63, 3.8) is 0 Å². The standard InChI is InChI=1S/C20H23F3N4O3S/c1-26(2)10-11-27-16-5-3-4-15(16)18(25-19(27)29)31-12-17(28)24-13-6-8-14(9-7-13)30-20(21,22)23/h6-9H,3-5,10-12H2,1-2H3,(H,24,28). The molecule has 0 saturated carbocycles. The smallest absolute Gasteiger partial charge is 0.406 e. The monoisotopic (exact) mass is 456 g/mol. The number of carbonyl (C=O) groups is 1. The predicted octanol–water partition coefficient (Wildman–Crippen LogP) is 2.92. The first-order valence-electron chi connectivity index (χ1n) is 9.68. The first kappa shape index (κ1) is 23.1. The summed E-state index contributed by atoms with van der Waals surface area (Å²) in [6.45, 7) is 1.30. The Balaban J connectivity index is 1.62. The Labute approximate surface area is 181 Å². The molecule has 1 N–H and O–H groups in total. The Bertz CT molecular complexity index is 991. The van der Waals surface area contributed by atoms with Crippen LogP contribution in [0.15, 0.2) is 34.1 Å². The van der Waals surface area contributed by atoms with Crippen molar-refractivity contribution in [3.8, 4) is 5.75 Å². The van der Waals surface area contributed by atoms with Crippen LogP contribution in [0, 0.1) is 0 Å². The Morgan fingerprint density at radius 3 is 2.61 bits per heavy atom. The van der Waals surface area contributed by atoms with Crippen LogP contribution in [0.5, 0.6) is 5.75 Å². The molecule has 3 rings (SSSR count). The maximum absolute atomic E-state index is 12.5. The minimum Gasteiger partial charge on any atom is -0.406 e. The number of hydrogen-bond acceptors (Lipinski definition) is 6. The molecule has 0 saturated heterocycles. The third kappa shape index (κ3) is 6.47. The number of thioether (sulfide) groups is 1. The Morgan fingerprint density at radius 2 is 1.97 bits per heavy atom. The van der Waals surface area contributed by atoms with Crippen LogP contribution >= 0.6 is 11.8 Å². The molecular weight excluding hydrogens is 433 g/mol. The third-order valence-electron chi connectivity index (χ3n) is 4.68. The van der Waals surface area contributed by atoms with E-state index >= 15 is 0 Å². The second-order valence-electron chi connectivity index (χ2n) is 7.34. The number of rotatable bonds is 8. The molecule has 31 heavy (non-hydrogen) atoms. The maximum Gasteiger partial charge on any atom is 0.573 e. The number of hydrogen-bond donors (Lipinski definition) is 1. The lowest BCUT2D eigenvalue weighted by Gasteiger charge is -2.16. The van der Waals surface area contributed by atoms with Crippen molar-refractivity contribution in [2.45, 2.75) is 37.2 Å². The van der Waals surface area contributed by atoms with Crippen molar-refractivity contribution in [2.75, 3.05) is 31.7 Å². The average Bonchev–Trinajstić information content (AvgIpc) is 3.15. The van der Waals surface area contributed by atoms with Gasteiger partial charge in [-0.15, -0.1) is 13.2 Å². The molecule has 0 radical (unpaired) electrons. The van der Waals surface area contributed by atoms with E-state index in [0.717, 1.165) is 49.2 Å². The highest BCUT2D eigenvalue weighted by Crippen LogP contribution is 2.29. The van der Waals surface area contributed by atoms with Crippen molar-refractivity contribution in [1.29, 1.82) is 0 Å². The van der Waals surface area contributed by atoms with Crippen molar-refractivity contribution in [3.05, 3.63) is 46.0 Å². The number of amides is 1. The van der Waals surface area contributed by atoms with E-state index in [1.807, 2.05) is 19.0 Å². The van der Waals surface area contributed by atoms with E-state index in [0.29, 0.717) is 17.3 Å². The number of anilines is 1. The molecule has 0 aliphatic heterocycles. The van der Waals surface area contributed by atoms with Gasteiger partial charge >= 0.3 is 12.1 Å². The summed E-state index contributed by atoms with van der Waals surface area (Å²) in [7, 11) is 3.89. The van der Waals surface area contributed by atoms with Crippen LogP contribution in [-0.4, -0.2) is 53.1 Å². The second-order valence-corrected chi connectivity index (χ2v) is 8.31. The number of carbonyl (C=O) groups excluding carboxylic acids is 1. The molecule has 1 aromatic carbocycles. The fourth-order valence-electron chi connectivity index (χ4n) is 3.31. The lowest BCUT2D eigenvalue weighted by atomic mass is 10.2. The van der Waals surface area contributed by atoms with Gasteiger partial charge in [-0.05, 0) is 57.6 Å². The topological polar surface area (TPSA) is 76.5 Å².